The van der Waals surface area contributed by atoms with E-state index < -0.39 is 11.0 Å². The van der Waals surface area contributed by atoms with E-state index in [4.69, 9.17) is 4.74 Å². The Labute approximate surface area is 113 Å². The zero-order valence-corrected chi connectivity index (χ0v) is 12.8. The van der Waals surface area contributed by atoms with Crippen LogP contribution >= 0.6 is 15.9 Å². The number of ether oxygens (including phenoxy) is 1. The molecule has 1 aromatic rings. The molecule has 1 rings (SSSR count). The maximum absolute atomic E-state index is 11.8. The number of rotatable bonds is 4. The molecule has 0 aromatic carbocycles. The van der Waals surface area contributed by atoms with Gasteiger partial charge in [-0.1, -0.05) is 0 Å². The van der Waals surface area contributed by atoms with Gasteiger partial charge in [-0.3, -0.25) is 0 Å². The van der Waals surface area contributed by atoms with E-state index in [1.165, 1.54) is 0 Å². The summed E-state index contributed by atoms with van der Waals surface area (Å²) in [5.41, 5.74) is 0.815. The van der Waals surface area contributed by atoms with Gasteiger partial charge in [-0.05, 0) is 48.8 Å². The van der Waals surface area contributed by atoms with Gasteiger partial charge in [0.25, 0.3) is 0 Å². The number of nitrogens with zero attached hydrogens (tertiary/aromatic N) is 1. The van der Waals surface area contributed by atoms with Crippen LogP contribution in [0, 0.1) is 0 Å². The standard InChI is InChI=1S/C11H17BrN2O2S/c1-11(2,3)17(15)13-7-8-5-6-9(16-4)10(12)14-8/h5-6,13H,7H2,1-4H3. The van der Waals surface area contributed by atoms with Crippen LogP contribution in [-0.2, 0) is 17.5 Å². The van der Waals surface area contributed by atoms with Gasteiger partial charge in [0.2, 0.25) is 0 Å². The van der Waals surface area contributed by atoms with Crippen LogP contribution in [0.2, 0.25) is 0 Å². The molecule has 0 fully saturated rings. The van der Waals surface area contributed by atoms with E-state index >= 15 is 0 Å². The first-order valence-electron chi connectivity index (χ1n) is 5.19. The summed E-state index contributed by atoms with van der Waals surface area (Å²) in [7, 11) is 0.503. The quantitative estimate of drug-likeness (QED) is 0.867. The van der Waals surface area contributed by atoms with Gasteiger partial charge in [-0.15, -0.1) is 0 Å². The van der Waals surface area contributed by atoms with Crippen molar-refractivity contribution in [1.29, 1.82) is 0 Å². The zero-order chi connectivity index (χ0) is 13.1. The van der Waals surface area contributed by atoms with Crippen molar-refractivity contribution in [3.63, 3.8) is 0 Å². The normalized spacial score (nSPS) is 13.5. The largest absolute Gasteiger partial charge is 0.494 e. The van der Waals surface area contributed by atoms with Gasteiger partial charge in [0.15, 0.2) is 5.75 Å². The Morgan fingerprint density at radius 2 is 2.12 bits per heavy atom. The maximum atomic E-state index is 11.8. The first-order valence-corrected chi connectivity index (χ1v) is 7.13. The average molecular weight is 321 g/mol. The Morgan fingerprint density at radius 1 is 1.47 bits per heavy atom. The van der Waals surface area contributed by atoms with Gasteiger partial charge < -0.3 is 4.74 Å². The van der Waals surface area contributed by atoms with Crippen LogP contribution in [0.15, 0.2) is 16.7 Å². The summed E-state index contributed by atoms with van der Waals surface area (Å²) in [6, 6.07) is 3.67. The molecule has 0 aliphatic carbocycles. The van der Waals surface area contributed by atoms with E-state index in [1.807, 2.05) is 32.9 Å². The highest BCUT2D eigenvalue weighted by Crippen LogP contribution is 2.22. The minimum absolute atomic E-state index is 0.274. The van der Waals surface area contributed by atoms with Crippen molar-refractivity contribution < 1.29 is 8.95 Å². The smallest absolute Gasteiger partial charge is 0.151 e. The Kier molecular flexibility index (Phi) is 5.09. The lowest BCUT2D eigenvalue weighted by molar-refractivity contribution is 0.409. The highest BCUT2D eigenvalue weighted by molar-refractivity contribution is 9.10. The molecule has 4 nitrogen and oxygen atoms in total. The number of methoxy groups -OCH3 is 1. The molecule has 1 unspecified atom stereocenters. The first kappa shape index (κ1) is 14.6. The summed E-state index contributed by atoms with van der Waals surface area (Å²) in [6.45, 7) is 6.24. The fourth-order valence-corrected chi connectivity index (χ4v) is 2.30. The van der Waals surface area contributed by atoms with E-state index in [1.54, 1.807) is 7.11 Å². The molecule has 0 aliphatic heterocycles. The highest BCUT2D eigenvalue weighted by Gasteiger charge is 2.19. The maximum Gasteiger partial charge on any atom is 0.151 e. The van der Waals surface area contributed by atoms with E-state index in [2.05, 4.69) is 25.6 Å². The zero-order valence-electron chi connectivity index (χ0n) is 10.4. The second-order valence-electron chi connectivity index (χ2n) is 4.50. The summed E-state index contributed by atoms with van der Waals surface area (Å²) >= 11 is 3.31. The SMILES string of the molecule is COc1ccc(CNS(=O)C(C)(C)C)nc1Br. The molecule has 1 aromatic heterocycles. The Bertz CT molecular complexity index is 418. The summed E-state index contributed by atoms with van der Waals surface area (Å²) in [6.07, 6.45) is 0. The molecule has 1 atom stereocenters. The molecular formula is C11H17BrN2O2S. The lowest BCUT2D eigenvalue weighted by atomic mass is 10.3. The Balaban J connectivity index is 2.65. The molecule has 0 saturated heterocycles. The summed E-state index contributed by atoms with van der Waals surface area (Å²) < 4.78 is 20.2. The van der Waals surface area contributed by atoms with Gasteiger partial charge >= 0.3 is 0 Å². The molecule has 6 heteroatoms. The first-order chi connectivity index (χ1) is 7.84. The van der Waals surface area contributed by atoms with Gasteiger partial charge in [-0.2, -0.15) is 0 Å². The Morgan fingerprint density at radius 3 is 2.59 bits per heavy atom. The number of nitrogens with one attached hydrogen (secondary N) is 1. The van der Waals surface area contributed by atoms with Crippen LogP contribution in [0.5, 0.6) is 5.75 Å². The lowest BCUT2D eigenvalue weighted by Crippen LogP contribution is -2.33. The number of pyridine rings is 1. The molecular weight excluding hydrogens is 304 g/mol. The van der Waals surface area contributed by atoms with Crippen LogP contribution in [0.4, 0.5) is 0 Å². The van der Waals surface area contributed by atoms with Crippen molar-refractivity contribution >= 4 is 26.9 Å². The fraction of sp³-hybridized carbons (Fsp3) is 0.545. The van der Waals surface area contributed by atoms with Crippen molar-refractivity contribution in [1.82, 2.24) is 9.71 Å². The predicted molar refractivity (Wildman–Crippen MR) is 73.2 cm³/mol. The van der Waals surface area contributed by atoms with Gasteiger partial charge in [0, 0.05) is 0 Å². The Hall–Kier alpha value is -0.460. The molecule has 17 heavy (non-hydrogen) atoms. The molecule has 96 valence electrons. The minimum Gasteiger partial charge on any atom is -0.494 e. The van der Waals surface area contributed by atoms with Gasteiger partial charge in [0.1, 0.15) is 4.60 Å². The molecule has 0 bridgehead atoms. The van der Waals surface area contributed by atoms with Crippen molar-refractivity contribution in [3.8, 4) is 5.75 Å². The second kappa shape index (κ2) is 5.93. The van der Waals surface area contributed by atoms with Crippen molar-refractivity contribution in [3.05, 3.63) is 22.4 Å². The summed E-state index contributed by atoms with van der Waals surface area (Å²) in [4.78, 5) is 4.29. The topological polar surface area (TPSA) is 51.2 Å². The van der Waals surface area contributed by atoms with Crippen molar-refractivity contribution in [2.75, 3.05) is 7.11 Å². The fourth-order valence-electron chi connectivity index (χ4n) is 1.07. The van der Waals surface area contributed by atoms with Gasteiger partial charge in [0.05, 0.1) is 35.1 Å². The van der Waals surface area contributed by atoms with Crippen LogP contribution in [0.25, 0.3) is 0 Å². The van der Waals surface area contributed by atoms with Crippen LogP contribution in [0.1, 0.15) is 26.5 Å². The summed E-state index contributed by atoms with van der Waals surface area (Å²) in [5, 5.41) is 0. The summed E-state index contributed by atoms with van der Waals surface area (Å²) in [5.74, 6) is 0.686. The highest BCUT2D eigenvalue weighted by atomic mass is 79.9. The lowest BCUT2D eigenvalue weighted by Gasteiger charge is -2.17. The second-order valence-corrected chi connectivity index (χ2v) is 7.30. The van der Waals surface area contributed by atoms with Crippen molar-refractivity contribution in [2.24, 2.45) is 0 Å². The number of aromatic nitrogens is 1. The average Bonchev–Trinajstić information content (AvgIpc) is 2.24. The van der Waals surface area contributed by atoms with E-state index in [-0.39, 0.29) is 4.75 Å². The molecule has 1 N–H and O–H groups in total. The number of halogens is 1. The number of hydrogen-bond acceptors (Lipinski definition) is 3. The van der Waals surface area contributed by atoms with Crippen molar-refractivity contribution in [2.45, 2.75) is 32.1 Å². The molecule has 0 saturated carbocycles. The third kappa shape index (κ3) is 4.37. The third-order valence-electron chi connectivity index (χ3n) is 2.03. The van der Waals surface area contributed by atoms with Gasteiger partial charge in [-0.25, -0.2) is 13.9 Å². The monoisotopic (exact) mass is 320 g/mol. The van der Waals surface area contributed by atoms with E-state index in [0.717, 1.165) is 5.69 Å². The molecule has 0 amide bonds. The molecule has 0 spiro atoms. The van der Waals surface area contributed by atoms with E-state index in [9.17, 15) is 4.21 Å². The molecule has 0 aliphatic rings. The minimum atomic E-state index is -1.09. The molecule has 0 radical (unpaired) electrons. The van der Waals surface area contributed by atoms with Crippen LogP contribution in [0.3, 0.4) is 0 Å². The van der Waals surface area contributed by atoms with Crippen LogP contribution < -0.4 is 9.46 Å². The predicted octanol–water partition coefficient (Wildman–Crippen LogP) is 2.40. The number of hydrogen-bond donors (Lipinski definition) is 1. The van der Waals surface area contributed by atoms with Crippen LogP contribution in [-0.4, -0.2) is 21.0 Å². The van der Waals surface area contributed by atoms with E-state index in [0.29, 0.717) is 16.9 Å². The third-order valence-corrected chi connectivity index (χ3v) is 4.12. The molecule has 1 heterocycles.